The Bertz CT molecular complexity index is 554. The van der Waals surface area contributed by atoms with Gasteiger partial charge in [-0.1, -0.05) is 25.0 Å². The number of hydrogen-bond donors (Lipinski definition) is 0. The van der Waals surface area contributed by atoms with Gasteiger partial charge in [0.1, 0.15) is 5.82 Å². The molecule has 1 aliphatic heterocycles. The molecule has 1 saturated carbocycles. The fraction of sp³-hybridized carbons (Fsp3) is 0.500. The van der Waals surface area contributed by atoms with Crippen molar-refractivity contribution in [3.63, 3.8) is 0 Å². The van der Waals surface area contributed by atoms with E-state index in [1.54, 1.807) is 19.2 Å². The van der Waals surface area contributed by atoms with Crippen molar-refractivity contribution in [1.82, 2.24) is 4.90 Å². The van der Waals surface area contributed by atoms with Crippen LogP contribution in [0.25, 0.3) is 0 Å². The lowest BCUT2D eigenvalue weighted by molar-refractivity contribution is -0.155. The van der Waals surface area contributed by atoms with E-state index in [1.807, 2.05) is 0 Å². The molecule has 1 aliphatic carbocycles. The van der Waals surface area contributed by atoms with Gasteiger partial charge in [0.2, 0.25) is 11.8 Å². The Balaban J connectivity index is 2.08. The van der Waals surface area contributed by atoms with E-state index in [2.05, 4.69) is 0 Å². The van der Waals surface area contributed by atoms with Gasteiger partial charge in [0.25, 0.3) is 0 Å². The van der Waals surface area contributed by atoms with E-state index in [0.717, 1.165) is 31.2 Å². The summed E-state index contributed by atoms with van der Waals surface area (Å²) in [7, 11) is 1.56. The first-order valence-corrected chi connectivity index (χ1v) is 7.11. The number of carbonyl (C=O) groups excluding carboxylic acids is 2. The number of nitrogens with zero attached hydrogens (tertiary/aromatic N) is 1. The van der Waals surface area contributed by atoms with Crippen LogP contribution in [0, 0.1) is 11.7 Å². The van der Waals surface area contributed by atoms with Crippen LogP contribution in [0.3, 0.4) is 0 Å². The van der Waals surface area contributed by atoms with Crippen LogP contribution in [0.5, 0.6) is 0 Å². The van der Waals surface area contributed by atoms with E-state index in [9.17, 15) is 14.0 Å². The zero-order valence-corrected chi connectivity index (χ0v) is 11.6. The van der Waals surface area contributed by atoms with Gasteiger partial charge in [0, 0.05) is 24.8 Å². The smallest absolute Gasteiger partial charge is 0.232 e. The molecule has 2 aliphatic rings. The molecule has 106 valence electrons. The lowest BCUT2D eigenvalue weighted by atomic mass is 9.58. The van der Waals surface area contributed by atoms with Crippen molar-refractivity contribution in [3.05, 3.63) is 35.6 Å². The lowest BCUT2D eigenvalue weighted by Crippen LogP contribution is -2.56. The summed E-state index contributed by atoms with van der Waals surface area (Å²) in [6, 6.07) is 6.31. The highest BCUT2D eigenvalue weighted by molar-refractivity contribution is 6.00. The van der Waals surface area contributed by atoms with Gasteiger partial charge in [-0.15, -0.1) is 0 Å². The number of rotatable bonds is 1. The van der Waals surface area contributed by atoms with Gasteiger partial charge >= 0.3 is 0 Å². The van der Waals surface area contributed by atoms with Gasteiger partial charge in [-0.2, -0.15) is 0 Å². The second kappa shape index (κ2) is 4.69. The van der Waals surface area contributed by atoms with Gasteiger partial charge in [0.15, 0.2) is 0 Å². The van der Waals surface area contributed by atoms with Crippen LogP contribution in [0.4, 0.5) is 4.39 Å². The highest BCUT2D eigenvalue weighted by Crippen LogP contribution is 2.49. The van der Waals surface area contributed by atoms with E-state index in [1.165, 1.54) is 17.0 Å². The predicted molar refractivity (Wildman–Crippen MR) is 72.4 cm³/mol. The Hall–Kier alpha value is -1.71. The number of likely N-dealkylation sites (tertiary alicyclic amines) is 1. The largest absolute Gasteiger partial charge is 0.285 e. The number of halogens is 1. The molecular formula is C16H18FNO2. The summed E-state index contributed by atoms with van der Waals surface area (Å²) in [5.74, 6) is -0.643. The Kier molecular flexibility index (Phi) is 3.11. The maximum atomic E-state index is 13.1. The van der Waals surface area contributed by atoms with Gasteiger partial charge in [-0.25, -0.2) is 4.39 Å². The third-order valence-corrected chi connectivity index (χ3v) is 4.92. The maximum Gasteiger partial charge on any atom is 0.232 e. The summed E-state index contributed by atoms with van der Waals surface area (Å²) < 4.78 is 13.1. The van der Waals surface area contributed by atoms with E-state index >= 15 is 0 Å². The van der Waals surface area contributed by atoms with E-state index in [4.69, 9.17) is 0 Å². The third kappa shape index (κ3) is 1.86. The van der Waals surface area contributed by atoms with E-state index in [0.29, 0.717) is 6.42 Å². The first-order chi connectivity index (χ1) is 9.54. The summed E-state index contributed by atoms with van der Waals surface area (Å²) in [4.78, 5) is 25.8. The summed E-state index contributed by atoms with van der Waals surface area (Å²) >= 11 is 0. The molecule has 3 rings (SSSR count). The minimum absolute atomic E-state index is 0.0784. The molecule has 0 aromatic heterocycles. The molecule has 0 radical (unpaired) electrons. The molecule has 2 atom stereocenters. The molecule has 1 saturated heterocycles. The molecular weight excluding hydrogens is 257 g/mol. The van der Waals surface area contributed by atoms with Crippen molar-refractivity contribution in [3.8, 4) is 0 Å². The quantitative estimate of drug-likeness (QED) is 0.739. The number of hydrogen-bond acceptors (Lipinski definition) is 2. The third-order valence-electron chi connectivity index (χ3n) is 4.92. The minimum Gasteiger partial charge on any atom is -0.285 e. The van der Waals surface area contributed by atoms with Crippen molar-refractivity contribution in [1.29, 1.82) is 0 Å². The van der Waals surface area contributed by atoms with Crippen LogP contribution < -0.4 is 0 Å². The monoisotopic (exact) mass is 275 g/mol. The summed E-state index contributed by atoms with van der Waals surface area (Å²) in [5.41, 5.74) is 0.505. The SMILES string of the molecule is CN1C(=O)C[C@@]2(c3ccc(F)cc3)CCCC[C@@H]2C1=O. The number of benzene rings is 1. The molecule has 0 unspecified atom stereocenters. The number of imide groups is 1. The first-order valence-electron chi connectivity index (χ1n) is 7.11. The summed E-state index contributed by atoms with van der Waals surface area (Å²) in [6.45, 7) is 0. The van der Waals surface area contributed by atoms with Crippen LogP contribution in [0.1, 0.15) is 37.7 Å². The zero-order chi connectivity index (χ0) is 14.3. The molecule has 4 heteroatoms. The van der Waals surface area contributed by atoms with Crippen LogP contribution in [-0.4, -0.2) is 23.8 Å². The van der Waals surface area contributed by atoms with Crippen molar-refractivity contribution < 1.29 is 14.0 Å². The topological polar surface area (TPSA) is 37.4 Å². The first kappa shape index (κ1) is 13.3. The van der Waals surface area contributed by atoms with Crippen LogP contribution in [0.2, 0.25) is 0 Å². The van der Waals surface area contributed by atoms with Gasteiger partial charge in [0.05, 0.1) is 0 Å². The van der Waals surface area contributed by atoms with Gasteiger partial charge in [-0.05, 0) is 30.5 Å². The molecule has 20 heavy (non-hydrogen) atoms. The average molecular weight is 275 g/mol. The fourth-order valence-corrected chi connectivity index (χ4v) is 3.79. The fourth-order valence-electron chi connectivity index (χ4n) is 3.79. The van der Waals surface area contributed by atoms with E-state index in [-0.39, 0.29) is 23.5 Å². The molecule has 1 heterocycles. The zero-order valence-electron chi connectivity index (χ0n) is 11.6. The molecule has 1 aromatic rings. The highest BCUT2D eigenvalue weighted by Gasteiger charge is 2.52. The van der Waals surface area contributed by atoms with Crippen molar-refractivity contribution in [2.24, 2.45) is 5.92 Å². The highest BCUT2D eigenvalue weighted by atomic mass is 19.1. The van der Waals surface area contributed by atoms with Gasteiger partial charge < -0.3 is 0 Å². The Labute approximate surface area is 117 Å². The van der Waals surface area contributed by atoms with Crippen molar-refractivity contribution in [2.75, 3.05) is 7.05 Å². The van der Waals surface area contributed by atoms with Crippen LogP contribution in [0.15, 0.2) is 24.3 Å². The number of piperidine rings is 1. The molecule has 0 spiro atoms. The molecule has 3 nitrogen and oxygen atoms in total. The lowest BCUT2D eigenvalue weighted by Gasteiger charge is -2.48. The van der Waals surface area contributed by atoms with Gasteiger partial charge in [-0.3, -0.25) is 14.5 Å². The molecule has 0 bridgehead atoms. The minimum atomic E-state index is -0.424. The standard InChI is InChI=1S/C16H18FNO2/c1-18-14(19)10-16(11-5-7-12(17)8-6-11)9-3-2-4-13(16)15(18)20/h5-8,13H,2-4,9-10H2,1H3/t13-,16-/m1/s1. The average Bonchev–Trinajstić information content (AvgIpc) is 2.45. The molecule has 2 fully saturated rings. The Morgan fingerprint density at radius 2 is 1.90 bits per heavy atom. The number of carbonyl (C=O) groups is 2. The molecule has 2 amide bonds. The summed E-state index contributed by atoms with van der Waals surface area (Å²) in [6.07, 6.45) is 4.02. The van der Waals surface area contributed by atoms with Crippen LogP contribution in [-0.2, 0) is 15.0 Å². The maximum absolute atomic E-state index is 13.1. The molecule has 1 aromatic carbocycles. The number of fused-ring (bicyclic) bond motifs is 1. The van der Waals surface area contributed by atoms with E-state index < -0.39 is 5.41 Å². The number of amides is 2. The molecule has 0 N–H and O–H groups in total. The predicted octanol–water partition coefficient (Wildman–Crippen LogP) is 2.64. The Morgan fingerprint density at radius 3 is 2.60 bits per heavy atom. The summed E-state index contributed by atoms with van der Waals surface area (Å²) in [5, 5.41) is 0. The van der Waals surface area contributed by atoms with Crippen molar-refractivity contribution in [2.45, 2.75) is 37.5 Å². The van der Waals surface area contributed by atoms with Crippen molar-refractivity contribution >= 4 is 11.8 Å². The second-order valence-corrected chi connectivity index (χ2v) is 5.93. The Morgan fingerprint density at radius 1 is 1.20 bits per heavy atom. The second-order valence-electron chi connectivity index (χ2n) is 5.93. The normalized spacial score (nSPS) is 30.3. The van der Waals surface area contributed by atoms with Crippen LogP contribution >= 0.6 is 0 Å².